The number of benzene rings is 3. The molecular formula is C26H19N9O2. The molecule has 6 rings (SSSR count). The van der Waals surface area contributed by atoms with Gasteiger partial charge in [-0.3, -0.25) is 10.1 Å². The van der Waals surface area contributed by atoms with Crippen LogP contribution >= 0.6 is 0 Å². The van der Waals surface area contributed by atoms with Crippen molar-refractivity contribution in [2.75, 3.05) is 11.1 Å². The lowest BCUT2D eigenvalue weighted by atomic mass is 10.00. The Balaban J connectivity index is 1.31. The Morgan fingerprint density at radius 3 is 2.30 bits per heavy atom. The number of nitrogens with zero attached hydrogens (tertiary/aromatic N) is 5. The molecule has 11 heteroatoms. The van der Waals surface area contributed by atoms with Gasteiger partial charge in [0.15, 0.2) is 5.82 Å². The molecule has 0 fully saturated rings. The average Bonchev–Trinajstić information content (AvgIpc) is 3.59. The molecule has 180 valence electrons. The van der Waals surface area contributed by atoms with Gasteiger partial charge in [0, 0.05) is 11.3 Å². The zero-order valence-corrected chi connectivity index (χ0v) is 19.2. The van der Waals surface area contributed by atoms with Gasteiger partial charge in [-0.15, -0.1) is 10.2 Å². The molecule has 0 unspecified atom stereocenters. The highest BCUT2D eigenvalue weighted by molar-refractivity contribution is 6.03. The number of aromatic nitrogens is 7. The minimum absolute atomic E-state index is 0.171. The smallest absolute Gasteiger partial charge is 0.258 e. The van der Waals surface area contributed by atoms with Gasteiger partial charge in [0.05, 0.1) is 11.3 Å². The third-order valence-corrected chi connectivity index (χ3v) is 5.73. The van der Waals surface area contributed by atoms with Crippen molar-refractivity contribution in [2.24, 2.45) is 0 Å². The summed E-state index contributed by atoms with van der Waals surface area (Å²) in [7, 11) is 0. The average molecular weight is 489 g/mol. The normalized spacial score (nSPS) is 10.9. The topological polar surface area (TPSA) is 160 Å². The van der Waals surface area contributed by atoms with E-state index in [0.717, 1.165) is 33.8 Å². The summed E-state index contributed by atoms with van der Waals surface area (Å²) in [4.78, 5) is 15.9. The van der Waals surface area contributed by atoms with Gasteiger partial charge in [0.25, 0.3) is 5.91 Å². The molecule has 37 heavy (non-hydrogen) atoms. The summed E-state index contributed by atoms with van der Waals surface area (Å²) in [6.07, 6.45) is 0. The number of hydrogen-bond donors (Lipinski definition) is 4. The summed E-state index contributed by atoms with van der Waals surface area (Å²) >= 11 is 0. The lowest BCUT2D eigenvalue weighted by Gasteiger charge is -2.13. The van der Waals surface area contributed by atoms with Crippen LogP contribution in [-0.4, -0.2) is 41.7 Å². The maximum Gasteiger partial charge on any atom is 0.258 e. The second kappa shape index (κ2) is 9.23. The van der Waals surface area contributed by atoms with E-state index in [1.807, 2.05) is 72.8 Å². The van der Waals surface area contributed by atoms with Crippen molar-refractivity contribution < 1.29 is 9.53 Å². The molecule has 3 aromatic carbocycles. The number of hydrogen-bond acceptors (Lipinski definition) is 8. The van der Waals surface area contributed by atoms with Crippen LogP contribution in [0.25, 0.3) is 33.8 Å². The van der Waals surface area contributed by atoms with Crippen LogP contribution in [0.3, 0.4) is 0 Å². The number of nitrogens with one attached hydrogen (secondary N) is 3. The van der Waals surface area contributed by atoms with E-state index in [1.54, 1.807) is 12.1 Å². The standard InChI is InChI=1S/C26H19N9O2/c27-24-22-21(30-31-24)14-20(15-6-8-17(9-7-15)25(36)29-26-32-34-35-33-26)28-23(22)16-10-12-19(13-11-16)37-18-4-2-1-3-5-18/h1-14,28H,(H2,27,31)(H2,29,32,33,34,35,36). The number of amides is 1. The number of aromatic amines is 2. The van der Waals surface area contributed by atoms with Gasteiger partial charge in [0.2, 0.25) is 5.95 Å². The first-order valence-electron chi connectivity index (χ1n) is 11.3. The maximum atomic E-state index is 12.4. The summed E-state index contributed by atoms with van der Waals surface area (Å²) in [5.74, 6) is 1.65. The molecule has 4 aromatic rings. The van der Waals surface area contributed by atoms with Crippen LogP contribution in [-0.2, 0) is 0 Å². The molecule has 2 aliphatic heterocycles. The molecule has 2 aliphatic rings. The Labute approximate surface area is 210 Å². The minimum Gasteiger partial charge on any atom is -0.457 e. The number of ether oxygens (including phenoxy) is 1. The van der Waals surface area contributed by atoms with Crippen LogP contribution in [0.2, 0.25) is 0 Å². The number of carbonyl (C=O) groups is 1. The Morgan fingerprint density at radius 1 is 0.838 bits per heavy atom. The number of anilines is 2. The molecule has 11 nitrogen and oxygen atoms in total. The van der Waals surface area contributed by atoms with Crippen molar-refractivity contribution in [1.82, 2.24) is 35.8 Å². The van der Waals surface area contributed by atoms with Crippen molar-refractivity contribution in [3.05, 3.63) is 90.5 Å². The lowest BCUT2D eigenvalue weighted by Crippen LogP contribution is -2.12. The summed E-state index contributed by atoms with van der Waals surface area (Å²) in [5, 5.41) is 23.9. The highest BCUT2D eigenvalue weighted by Gasteiger charge is 2.20. The number of tetrazole rings is 1. The van der Waals surface area contributed by atoms with Crippen LogP contribution in [0, 0.1) is 0 Å². The molecule has 3 heterocycles. The predicted molar refractivity (Wildman–Crippen MR) is 137 cm³/mol. The van der Waals surface area contributed by atoms with Crippen molar-refractivity contribution >= 4 is 17.7 Å². The van der Waals surface area contributed by atoms with Crippen molar-refractivity contribution in [3.63, 3.8) is 0 Å². The summed E-state index contributed by atoms with van der Waals surface area (Å²) < 4.78 is 5.92. The molecule has 0 bridgehead atoms. The second-order valence-electron chi connectivity index (χ2n) is 8.12. The molecular weight excluding hydrogens is 470 g/mol. The molecule has 0 saturated carbocycles. The molecule has 0 spiro atoms. The fourth-order valence-electron chi connectivity index (χ4n) is 3.95. The molecule has 0 aliphatic carbocycles. The van der Waals surface area contributed by atoms with E-state index < -0.39 is 0 Å². The van der Waals surface area contributed by atoms with Crippen LogP contribution in [0.15, 0.2) is 84.9 Å². The van der Waals surface area contributed by atoms with Crippen molar-refractivity contribution in [1.29, 1.82) is 0 Å². The van der Waals surface area contributed by atoms with Gasteiger partial charge in [0.1, 0.15) is 17.2 Å². The number of H-pyrrole nitrogens is 2. The monoisotopic (exact) mass is 489 g/mol. The van der Waals surface area contributed by atoms with Gasteiger partial charge in [-0.2, -0.15) is 0 Å². The predicted octanol–water partition coefficient (Wildman–Crippen LogP) is 4.38. The largest absolute Gasteiger partial charge is 0.457 e. The third kappa shape index (κ3) is 4.44. The molecule has 1 amide bonds. The second-order valence-corrected chi connectivity index (χ2v) is 8.12. The van der Waals surface area contributed by atoms with Gasteiger partial charge < -0.3 is 15.5 Å². The van der Waals surface area contributed by atoms with Crippen LogP contribution < -0.4 is 15.8 Å². The molecule has 1 aromatic heterocycles. The van der Waals surface area contributed by atoms with Gasteiger partial charge in [-0.25, -0.2) is 5.10 Å². The number of fused-ring (bicyclic) bond motifs is 1. The number of carbonyl (C=O) groups excluding carboxylic acids is 1. The molecule has 0 saturated heterocycles. The quantitative estimate of drug-likeness (QED) is 0.268. The Kier molecular flexibility index (Phi) is 5.47. The highest BCUT2D eigenvalue weighted by atomic mass is 16.5. The summed E-state index contributed by atoms with van der Waals surface area (Å²) in [6, 6.07) is 26.3. The Bertz CT molecular complexity index is 1630. The van der Waals surface area contributed by atoms with Gasteiger partial charge >= 0.3 is 0 Å². The number of nitrogen functional groups attached to an aromatic ring is 1. The summed E-state index contributed by atoms with van der Waals surface area (Å²) in [5.41, 5.74) is 11.3. The van der Waals surface area contributed by atoms with E-state index >= 15 is 0 Å². The fourth-order valence-corrected chi connectivity index (χ4v) is 3.95. The number of nitrogens with two attached hydrogens (primary N) is 1. The fraction of sp³-hybridized carbons (Fsp3) is 0. The molecule has 5 N–H and O–H groups in total. The first-order valence-corrected chi connectivity index (χ1v) is 11.3. The zero-order chi connectivity index (χ0) is 25.2. The number of para-hydroxylation sites is 1. The van der Waals surface area contributed by atoms with E-state index in [4.69, 9.17) is 10.5 Å². The van der Waals surface area contributed by atoms with E-state index in [1.165, 1.54) is 0 Å². The first kappa shape index (κ1) is 21.9. The van der Waals surface area contributed by atoms with E-state index in [9.17, 15) is 4.79 Å². The van der Waals surface area contributed by atoms with Crippen LogP contribution in [0.1, 0.15) is 10.4 Å². The maximum absolute atomic E-state index is 12.4. The zero-order valence-electron chi connectivity index (χ0n) is 19.2. The van der Waals surface area contributed by atoms with Crippen molar-refractivity contribution in [2.45, 2.75) is 0 Å². The number of pyridine rings is 1. The highest BCUT2D eigenvalue weighted by Crippen LogP contribution is 2.38. The van der Waals surface area contributed by atoms with Crippen molar-refractivity contribution in [3.8, 4) is 45.3 Å². The first-order chi connectivity index (χ1) is 18.1. The van der Waals surface area contributed by atoms with Gasteiger partial charge in [-0.05, 0) is 76.2 Å². The van der Waals surface area contributed by atoms with Crippen LogP contribution in [0.4, 0.5) is 11.8 Å². The van der Waals surface area contributed by atoms with E-state index in [0.29, 0.717) is 22.8 Å². The summed E-state index contributed by atoms with van der Waals surface area (Å²) in [6.45, 7) is 0. The lowest BCUT2D eigenvalue weighted by molar-refractivity contribution is 0.102. The molecule has 0 atom stereocenters. The van der Waals surface area contributed by atoms with Gasteiger partial charge in [-0.1, -0.05) is 35.4 Å². The van der Waals surface area contributed by atoms with E-state index in [2.05, 4.69) is 41.1 Å². The van der Waals surface area contributed by atoms with E-state index in [-0.39, 0.29) is 11.9 Å². The SMILES string of the molecule is Nc1nnc2cc(-c3ccc(C(=O)Nc4nnn[nH]4)cc3)[nH]c(-c3ccc(Oc4ccccc4)cc3)c1-2. The number of rotatable bonds is 6. The molecule has 0 radical (unpaired) electrons. The Hall–Kier alpha value is -5.58. The Morgan fingerprint density at radius 2 is 1.57 bits per heavy atom. The third-order valence-electron chi connectivity index (χ3n) is 5.73. The van der Waals surface area contributed by atoms with Crippen LogP contribution in [0.5, 0.6) is 11.5 Å². The minimum atomic E-state index is -0.335.